The number of piperidine rings is 1. The second kappa shape index (κ2) is 7.22. The number of halogens is 2. The van der Waals surface area contributed by atoms with Gasteiger partial charge < -0.3 is 10.2 Å². The Morgan fingerprint density at radius 1 is 1.48 bits per heavy atom. The van der Waals surface area contributed by atoms with Crippen LogP contribution in [0.4, 0.5) is 0 Å². The number of amides is 2. The van der Waals surface area contributed by atoms with Crippen molar-refractivity contribution in [3.63, 3.8) is 0 Å². The number of rotatable bonds is 3. The molecule has 0 spiro atoms. The third kappa shape index (κ3) is 3.95. The number of likely N-dealkylation sites (tertiary alicyclic amines) is 1. The minimum absolute atomic E-state index is 0.00916. The molecule has 1 N–H and O–H groups in total. The average Bonchev–Trinajstić information content (AvgIpc) is 2.49. The average molecular weight is 375 g/mol. The van der Waals surface area contributed by atoms with Crippen molar-refractivity contribution in [3.8, 4) is 0 Å². The second-order valence-electron chi connectivity index (χ2n) is 4.95. The van der Waals surface area contributed by atoms with Crippen LogP contribution in [0.15, 0.2) is 16.7 Å². The molecule has 21 heavy (non-hydrogen) atoms. The number of nitrogens with zero attached hydrogens (tertiary/aromatic N) is 2. The fourth-order valence-electron chi connectivity index (χ4n) is 2.41. The van der Waals surface area contributed by atoms with Crippen LogP contribution >= 0.6 is 27.5 Å². The van der Waals surface area contributed by atoms with Gasteiger partial charge in [-0.1, -0.05) is 11.6 Å². The quantitative estimate of drug-likeness (QED) is 0.827. The van der Waals surface area contributed by atoms with E-state index in [1.54, 1.807) is 17.2 Å². The van der Waals surface area contributed by atoms with E-state index in [0.717, 1.165) is 0 Å². The van der Waals surface area contributed by atoms with Gasteiger partial charge in [0.25, 0.3) is 5.91 Å². The second-order valence-corrected chi connectivity index (χ2v) is 6.23. The van der Waals surface area contributed by atoms with E-state index in [-0.39, 0.29) is 22.9 Å². The number of hydrogen-bond donors (Lipinski definition) is 1. The lowest BCUT2D eigenvalue weighted by molar-refractivity contribution is -0.126. The van der Waals surface area contributed by atoms with E-state index in [1.165, 1.54) is 0 Å². The first-order valence-electron chi connectivity index (χ1n) is 6.91. The van der Waals surface area contributed by atoms with Crippen molar-refractivity contribution in [2.75, 3.05) is 19.6 Å². The molecule has 0 radical (unpaired) electrons. The molecule has 0 unspecified atom stereocenters. The summed E-state index contributed by atoms with van der Waals surface area (Å²) in [6.07, 6.45) is 2.91. The molecule has 0 atom stereocenters. The lowest BCUT2D eigenvalue weighted by atomic mass is 9.95. The molecule has 2 rings (SSSR count). The summed E-state index contributed by atoms with van der Waals surface area (Å²) in [5, 5.41) is 3.03. The zero-order valence-corrected chi connectivity index (χ0v) is 14.1. The van der Waals surface area contributed by atoms with Crippen LogP contribution in [-0.2, 0) is 4.79 Å². The van der Waals surface area contributed by atoms with Gasteiger partial charge in [0, 0.05) is 36.2 Å². The molecule has 0 aliphatic carbocycles. The highest BCUT2D eigenvalue weighted by molar-refractivity contribution is 9.10. The smallest absolute Gasteiger partial charge is 0.257 e. The molecule has 2 heterocycles. The zero-order valence-electron chi connectivity index (χ0n) is 11.7. The molecule has 1 fully saturated rings. The maximum Gasteiger partial charge on any atom is 0.257 e. The van der Waals surface area contributed by atoms with Crippen LogP contribution in [0, 0.1) is 5.92 Å². The maximum absolute atomic E-state index is 12.5. The van der Waals surface area contributed by atoms with E-state index in [2.05, 4.69) is 26.2 Å². The minimum Gasteiger partial charge on any atom is -0.356 e. The van der Waals surface area contributed by atoms with Crippen LogP contribution in [0.3, 0.4) is 0 Å². The standard InChI is InChI=1S/C14H17BrClN3O2/c1-2-17-13(20)9-3-5-19(6-4-9)14(21)11-7-10(15)8-18-12(11)16/h7-9H,2-6H2,1H3,(H,17,20). The molecule has 114 valence electrons. The lowest BCUT2D eigenvalue weighted by Gasteiger charge is -2.31. The summed E-state index contributed by atoms with van der Waals surface area (Å²) in [5.74, 6) is -0.0694. The fraction of sp³-hybridized carbons (Fsp3) is 0.500. The van der Waals surface area contributed by atoms with E-state index < -0.39 is 0 Å². The van der Waals surface area contributed by atoms with Gasteiger partial charge in [-0.2, -0.15) is 0 Å². The molecule has 1 saturated heterocycles. The SMILES string of the molecule is CCNC(=O)C1CCN(C(=O)c2cc(Br)cnc2Cl)CC1. The first kappa shape index (κ1) is 16.2. The summed E-state index contributed by atoms with van der Waals surface area (Å²) in [5.41, 5.74) is 0.391. The highest BCUT2D eigenvalue weighted by Crippen LogP contribution is 2.23. The van der Waals surface area contributed by atoms with Crippen LogP contribution in [-0.4, -0.2) is 41.3 Å². The number of carbonyl (C=O) groups is 2. The highest BCUT2D eigenvalue weighted by atomic mass is 79.9. The Morgan fingerprint density at radius 3 is 2.76 bits per heavy atom. The molecule has 0 saturated carbocycles. The third-order valence-electron chi connectivity index (χ3n) is 3.54. The largest absolute Gasteiger partial charge is 0.356 e. The van der Waals surface area contributed by atoms with Crippen molar-refractivity contribution >= 4 is 39.3 Å². The maximum atomic E-state index is 12.5. The van der Waals surface area contributed by atoms with Gasteiger partial charge in [-0.3, -0.25) is 9.59 Å². The molecule has 2 amide bonds. The molecular formula is C14H17BrClN3O2. The minimum atomic E-state index is -0.136. The normalized spacial score (nSPS) is 15.9. The van der Waals surface area contributed by atoms with Crippen molar-refractivity contribution in [2.24, 2.45) is 5.92 Å². The molecular weight excluding hydrogens is 358 g/mol. The van der Waals surface area contributed by atoms with Gasteiger partial charge in [-0.15, -0.1) is 0 Å². The molecule has 7 heteroatoms. The monoisotopic (exact) mass is 373 g/mol. The van der Waals surface area contributed by atoms with Crippen LogP contribution < -0.4 is 5.32 Å². The van der Waals surface area contributed by atoms with Gasteiger partial charge in [0.05, 0.1) is 5.56 Å². The van der Waals surface area contributed by atoms with E-state index in [4.69, 9.17) is 11.6 Å². The number of carbonyl (C=O) groups excluding carboxylic acids is 2. The fourth-order valence-corrected chi connectivity index (χ4v) is 2.92. The zero-order chi connectivity index (χ0) is 15.4. The van der Waals surface area contributed by atoms with Crippen molar-refractivity contribution in [2.45, 2.75) is 19.8 Å². The van der Waals surface area contributed by atoms with E-state index in [0.29, 0.717) is 42.5 Å². The summed E-state index contributed by atoms with van der Waals surface area (Å²) in [6, 6.07) is 1.67. The molecule has 1 aromatic heterocycles. The highest BCUT2D eigenvalue weighted by Gasteiger charge is 2.28. The van der Waals surface area contributed by atoms with Gasteiger partial charge >= 0.3 is 0 Å². The van der Waals surface area contributed by atoms with Gasteiger partial charge in [-0.05, 0) is 41.8 Å². The van der Waals surface area contributed by atoms with E-state index in [9.17, 15) is 9.59 Å². The van der Waals surface area contributed by atoms with Gasteiger partial charge in [0.2, 0.25) is 5.91 Å². The number of hydrogen-bond acceptors (Lipinski definition) is 3. The van der Waals surface area contributed by atoms with Crippen molar-refractivity contribution in [1.29, 1.82) is 0 Å². The predicted octanol–water partition coefficient (Wildman–Crippen LogP) is 2.49. The Hall–Kier alpha value is -1.14. The number of pyridine rings is 1. The van der Waals surface area contributed by atoms with Crippen LogP contribution in [0.25, 0.3) is 0 Å². The topological polar surface area (TPSA) is 62.3 Å². The Balaban J connectivity index is 2.00. The van der Waals surface area contributed by atoms with E-state index >= 15 is 0 Å². The molecule has 1 aromatic rings. The van der Waals surface area contributed by atoms with Crippen molar-refractivity contribution in [1.82, 2.24) is 15.2 Å². The van der Waals surface area contributed by atoms with Crippen LogP contribution in [0.2, 0.25) is 5.15 Å². The Morgan fingerprint density at radius 2 is 2.14 bits per heavy atom. The van der Waals surface area contributed by atoms with Gasteiger partial charge in [0.1, 0.15) is 5.15 Å². The summed E-state index contributed by atoms with van der Waals surface area (Å²) >= 11 is 9.28. The van der Waals surface area contributed by atoms with Crippen molar-refractivity contribution in [3.05, 3.63) is 27.5 Å². The first-order valence-corrected chi connectivity index (χ1v) is 8.08. The summed E-state index contributed by atoms with van der Waals surface area (Å²) in [6.45, 7) is 3.66. The molecule has 5 nitrogen and oxygen atoms in total. The number of aromatic nitrogens is 1. The lowest BCUT2D eigenvalue weighted by Crippen LogP contribution is -2.43. The molecule has 0 bridgehead atoms. The summed E-state index contributed by atoms with van der Waals surface area (Å²) in [4.78, 5) is 29.9. The molecule has 0 aromatic carbocycles. The summed E-state index contributed by atoms with van der Waals surface area (Å²) < 4.78 is 0.715. The number of nitrogens with one attached hydrogen (secondary N) is 1. The Kier molecular flexibility index (Phi) is 5.58. The summed E-state index contributed by atoms with van der Waals surface area (Å²) in [7, 11) is 0. The Bertz CT molecular complexity index is 545. The molecule has 1 aliphatic rings. The predicted molar refractivity (Wildman–Crippen MR) is 84.3 cm³/mol. The van der Waals surface area contributed by atoms with Crippen LogP contribution in [0.1, 0.15) is 30.1 Å². The van der Waals surface area contributed by atoms with E-state index in [1.807, 2.05) is 6.92 Å². The first-order chi connectivity index (χ1) is 10.0. The third-order valence-corrected chi connectivity index (χ3v) is 4.27. The van der Waals surface area contributed by atoms with Gasteiger partial charge in [0.15, 0.2) is 0 Å². The van der Waals surface area contributed by atoms with Crippen molar-refractivity contribution < 1.29 is 9.59 Å². The van der Waals surface area contributed by atoms with Crippen LogP contribution in [0.5, 0.6) is 0 Å². The van der Waals surface area contributed by atoms with Gasteiger partial charge in [-0.25, -0.2) is 4.98 Å². The Labute approximate surface area is 137 Å². The molecule has 1 aliphatic heterocycles.